The number of aliphatic hydroxyl groups is 1. The van der Waals surface area contributed by atoms with Gasteiger partial charge in [-0.3, -0.25) is 4.79 Å². The Bertz CT molecular complexity index is 1310. The van der Waals surface area contributed by atoms with Gasteiger partial charge in [-0.25, -0.2) is 14.5 Å². The minimum absolute atomic E-state index is 0.0996. The molecule has 1 aliphatic rings. The first-order valence-corrected chi connectivity index (χ1v) is 10.1. The highest BCUT2D eigenvalue weighted by molar-refractivity contribution is 5.93. The van der Waals surface area contributed by atoms with E-state index in [-0.39, 0.29) is 6.54 Å². The summed E-state index contributed by atoms with van der Waals surface area (Å²) >= 11 is 0. The summed E-state index contributed by atoms with van der Waals surface area (Å²) in [5, 5.41) is 14.6. The lowest BCUT2D eigenvalue weighted by Gasteiger charge is -2.33. The lowest BCUT2D eigenvalue weighted by atomic mass is 9.99. The molecule has 33 heavy (non-hydrogen) atoms. The Labute approximate surface area is 184 Å². The number of hydrogen-bond donors (Lipinski definition) is 2. The minimum atomic E-state index is -4.95. The van der Waals surface area contributed by atoms with Gasteiger partial charge in [0.25, 0.3) is 5.91 Å². The lowest BCUT2D eigenvalue weighted by Crippen LogP contribution is -2.41. The van der Waals surface area contributed by atoms with Gasteiger partial charge in [0.2, 0.25) is 11.7 Å². The van der Waals surface area contributed by atoms with Gasteiger partial charge in [-0.1, -0.05) is 6.07 Å². The molecular weight excluding hydrogens is 441 g/mol. The van der Waals surface area contributed by atoms with Crippen LogP contribution in [-0.4, -0.2) is 47.0 Å². The number of oxazole rings is 1. The molecule has 4 aromatic heterocycles. The number of aromatic amines is 1. The van der Waals surface area contributed by atoms with E-state index < -0.39 is 41.1 Å². The van der Waals surface area contributed by atoms with Crippen molar-refractivity contribution < 1.29 is 27.5 Å². The van der Waals surface area contributed by atoms with Gasteiger partial charge >= 0.3 is 6.18 Å². The predicted molar refractivity (Wildman–Crippen MR) is 107 cm³/mol. The van der Waals surface area contributed by atoms with Crippen LogP contribution in [0.5, 0.6) is 0 Å². The molecule has 0 aliphatic carbocycles. The Balaban J connectivity index is 1.63. The third-order valence-electron chi connectivity index (χ3n) is 5.47. The van der Waals surface area contributed by atoms with Crippen molar-refractivity contribution in [3.05, 3.63) is 71.2 Å². The highest BCUT2D eigenvalue weighted by Crippen LogP contribution is 2.38. The SMILES string of the molecule is CC(C)(O)c1nc(C(F)(F)F)c(C(=O)N2CCc3[nH]cnc3[C@@H]2c2cc3ccccn3n2)o1. The quantitative estimate of drug-likeness (QED) is 0.486. The van der Waals surface area contributed by atoms with Crippen LogP contribution in [0, 0.1) is 0 Å². The van der Waals surface area contributed by atoms with Crippen molar-refractivity contribution in [1.29, 1.82) is 0 Å². The topological polar surface area (TPSA) is 113 Å². The Morgan fingerprint density at radius 3 is 2.79 bits per heavy atom. The Hall–Kier alpha value is -3.67. The van der Waals surface area contributed by atoms with E-state index in [1.807, 2.05) is 12.1 Å². The van der Waals surface area contributed by atoms with Gasteiger partial charge in [0.1, 0.15) is 11.6 Å². The monoisotopic (exact) mass is 460 g/mol. The smallest absolute Gasteiger partial charge is 0.432 e. The predicted octanol–water partition coefficient (Wildman–Crippen LogP) is 3.08. The second kappa shape index (κ2) is 7.17. The number of hydrogen-bond acceptors (Lipinski definition) is 6. The zero-order valence-electron chi connectivity index (χ0n) is 17.6. The summed E-state index contributed by atoms with van der Waals surface area (Å²) in [6, 6.07) is 6.35. The number of aromatic nitrogens is 5. The fraction of sp³-hybridized carbons (Fsp3) is 0.333. The molecule has 9 nitrogen and oxygen atoms in total. The molecule has 1 aliphatic heterocycles. The molecular formula is C21H19F3N6O3. The van der Waals surface area contributed by atoms with E-state index in [1.165, 1.54) is 25.1 Å². The van der Waals surface area contributed by atoms with Crippen LogP contribution in [-0.2, 0) is 18.2 Å². The van der Waals surface area contributed by atoms with Crippen LogP contribution in [0.2, 0.25) is 0 Å². The van der Waals surface area contributed by atoms with Crippen LogP contribution >= 0.6 is 0 Å². The average Bonchev–Trinajstić information content (AvgIpc) is 3.48. The van der Waals surface area contributed by atoms with Crippen molar-refractivity contribution >= 4 is 11.4 Å². The maximum Gasteiger partial charge on any atom is 0.437 e. The van der Waals surface area contributed by atoms with E-state index in [2.05, 4.69) is 20.1 Å². The van der Waals surface area contributed by atoms with Crippen LogP contribution in [0.3, 0.4) is 0 Å². The van der Waals surface area contributed by atoms with Gasteiger partial charge < -0.3 is 19.4 Å². The van der Waals surface area contributed by atoms with Crippen LogP contribution in [0.25, 0.3) is 5.52 Å². The first-order valence-electron chi connectivity index (χ1n) is 10.1. The number of pyridine rings is 1. The van der Waals surface area contributed by atoms with Crippen LogP contribution in [0.1, 0.15) is 59.1 Å². The standard InChI is InChI=1S/C21H19F3N6O3/c1-20(2,32)19-27-17(21(22,23)24)16(33-19)18(31)29-8-6-12-14(26-10-25-12)15(29)13-9-11-5-3-4-7-30(11)28-13/h3-5,7,9-10,15,32H,6,8H2,1-2H3,(H,25,26)/t15-/m0/s1. The molecule has 5 heterocycles. The summed E-state index contributed by atoms with van der Waals surface area (Å²) in [6.45, 7) is 2.55. The highest BCUT2D eigenvalue weighted by atomic mass is 19.4. The van der Waals surface area contributed by atoms with E-state index >= 15 is 0 Å². The summed E-state index contributed by atoms with van der Waals surface area (Å²) in [5.74, 6) is -2.59. The number of rotatable bonds is 3. The van der Waals surface area contributed by atoms with Crippen molar-refractivity contribution in [2.75, 3.05) is 6.54 Å². The maximum atomic E-state index is 13.7. The molecule has 0 aromatic carbocycles. The Morgan fingerprint density at radius 2 is 2.09 bits per heavy atom. The molecule has 0 spiro atoms. The number of imidazole rings is 1. The van der Waals surface area contributed by atoms with E-state index in [0.29, 0.717) is 17.8 Å². The number of H-pyrrole nitrogens is 1. The summed E-state index contributed by atoms with van der Waals surface area (Å²) in [6.07, 6.45) is -1.39. The molecule has 5 rings (SSSR count). The first kappa shape index (κ1) is 21.2. The average molecular weight is 460 g/mol. The van der Waals surface area contributed by atoms with Gasteiger partial charge in [-0.05, 0) is 32.0 Å². The third kappa shape index (κ3) is 3.55. The van der Waals surface area contributed by atoms with Crippen LogP contribution in [0.4, 0.5) is 13.2 Å². The number of nitrogens with zero attached hydrogens (tertiary/aromatic N) is 5. The largest absolute Gasteiger partial charge is 0.437 e. The van der Waals surface area contributed by atoms with Gasteiger partial charge in [-0.2, -0.15) is 18.3 Å². The number of amides is 1. The number of carbonyl (C=O) groups is 1. The lowest BCUT2D eigenvalue weighted by molar-refractivity contribution is -0.141. The van der Waals surface area contributed by atoms with Gasteiger partial charge in [-0.15, -0.1) is 0 Å². The molecule has 172 valence electrons. The minimum Gasteiger partial charge on any atom is -0.432 e. The molecule has 0 saturated heterocycles. The van der Waals surface area contributed by atoms with Crippen molar-refractivity contribution in [3.63, 3.8) is 0 Å². The van der Waals surface area contributed by atoms with Crippen LogP contribution in [0.15, 0.2) is 41.2 Å². The van der Waals surface area contributed by atoms with Crippen molar-refractivity contribution in [1.82, 2.24) is 29.5 Å². The molecule has 0 radical (unpaired) electrons. The van der Waals surface area contributed by atoms with Crippen molar-refractivity contribution in [3.8, 4) is 0 Å². The molecule has 0 bridgehead atoms. The number of fused-ring (bicyclic) bond motifs is 2. The third-order valence-corrected chi connectivity index (χ3v) is 5.47. The zero-order valence-corrected chi connectivity index (χ0v) is 17.6. The van der Waals surface area contributed by atoms with Gasteiger partial charge in [0, 0.05) is 24.9 Å². The highest BCUT2D eigenvalue weighted by Gasteiger charge is 2.46. The van der Waals surface area contributed by atoms with E-state index in [4.69, 9.17) is 4.42 Å². The van der Waals surface area contributed by atoms with E-state index in [1.54, 1.807) is 22.8 Å². The molecule has 2 N–H and O–H groups in total. The maximum absolute atomic E-state index is 13.7. The summed E-state index contributed by atoms with van der Waals surface area (Å²) in [7, 11) is 0. The number of alkyl halides is 3. The molecule has 0 saturated carbocycles. The summed E-state index contributed by atoms with van der Waals surface area (Å²) in [4.78, 5) is 25.5. The van der Waals surface area contributed by atoms with Crippen LogP contribution < -0.4 is 0 Å². The second-order valence-corrected chi connectivity index (χ2v) is 8.31. The van der Waals surface area contributed by atoms with Gasteiger partial charge in [0.15, 0.2) is 5.69 Å². The summed E-state index contributed by atoms with van der Waals surface area (Å²) < 4.78 is 48.0. The number of carbonyl (C=O) groups excluding carboxylic acids is 1. The fourth-order valence-corrected chi connectivity index (χ4v) is 3.94. The Morgan fingerprint density at radius 1 is 1.30 bits per heavy atom. The molecule has 0 fully saturated rings. The molecule has 0 unspecified atom stereocenters. The normalized spacial score (nSPS) is 16.9. The molecule has 1 amide bonds. The molecule has 12 heteroatoms. The fourth-order valence-electron chi connectivity index (χ4n) is 3.94. The second-order valence-electron chi connectivity index (χ2n) is 8.31. The number of nitrogens with one attached hydrogen (secondary N) is 1. The number of halogens is 3. The van der Waals surface area contributed by atoms with Gasteiger partial charge in [0.05, 0.1) is 23.2 Å². The molecule has 1 atom stereocenters. The first-order chi connectivity index (χ1) is 15.5. The van der Waals surface area contributed by atoms with Crippen molar-refractivity contribution in [2.24, 2.45) is 0 Å². The van der Waals surface area contributed by atoms with Crippen molar-refractivity contribution in [2.45, 2.75) is 38.1 Å². The Kier molecular flexibility index (Phi) is 4.60. The van der Waals surface area contributed by atoms with E-state index in [9.17, 15) is 23.1 Å². The molecule has 4 aromatic rings. The zero-order chi connectivity index (χ0) is 23.5. The summed E-state index contributed by atoms with van der Waals surface area (Å²) in [5.41, 5.74) is -0.829. The van der Waals surface area contributed by atoms with E-state index in [0.717, 1.165) is 11.2 Å².